The highest BCUT2D eigenvalue weighted by Gasteiger charge is 2.27. The number of anilines is 1. The topological polar surface area (TPSA) is 82.9 Å². The zero-order valence-corrected chi connectivity index (χ0v) is 24.2. The largest absolute Gasteiger partial charge is 0.280 e. The van der Waals surface area contributed by atoms with E-state index in [0.717, 1.165) is 16.3 Å². The van der Waals surface area contributed by atoms with E-state index in [-0.39, 0.29) is 27.4 Å². The lowest BCUT2D eigenvalue weighted by molar-refractivity contribution is 0.0987. The van der Waals surface area contributed by atoms with Crippen LogP contribution in [0.2, 0.25) is 0 Å². The fraction of sp³-hybridized carbons (Fsp3) is 0.276. The Labute approximate surface area is 236 Å². The van der Waals surface area contributed by atoms with Crippen LogP contribution in [0.3, 0.4) is 0 Å². The summed E-state index contributed by atoms with van der Waals surface area (Å²) in [7, 11) is -3.77. The van der Waals surface area contributed by atoms with Gasteiger partial charge in [-0.3, -0.25) is 4.79 Å². The van der Waals surface area contributed by atoms with E-state index in [1.54, 1.807) is 0 Å². The second kappa shape index (κ2) is 12.3. The predicted octanol–water partition coefficient (Wildman–Crippen LogP) is 6.56. The van der Waals surface area contributed by atoms with Gasteiger partial charge in [-0.05, 0) is 72.0 Å². The molecule has 7 nitrogen and oxygen atoms in total. The van der Waals surface area contributed by atoms with Crippen molar-refractivity contribution >= 4 is 48.8 Å². The Kier molecular flexibility index (Phi) is 9.07. The van der Waals surface area contributed by atoms with Gasteiger partial charge in [0.05, 0.1) is 21.3 Å². The fourth-order valence-electron chi connectivity index (χ4n) is 3.96. The minimum atomic E-state index is -3.77. The van der Waals surface area contributed by atoms with Gasteiger partial charge < -0.3 is 0 Å². The van der Waals surface area contributed by atoms with Crippen LogP contribution in [0.4, 0.5) is 13.9 Å². The molecule has 11 heteroatoms. The van der Waals surface area contributed by atoms with Gasteiger partial charge in [-0.1, -0.05) is 51.2 Å². The first kappa shape index (κ1) is 29.4. The van der Waals surface area contributed by atoms with Crippen LogP contribution in [0.5, 0.6) is 0 Å². The molecule has 0 unspecified atom stereocenters. The molecule has 4 aromatic rings. The van der Waals surface area contributed by atoms with Crippen molar-refractivity contribution in [3.8, 4) is 0 Å². The Balaban J connectivity index is 1.68. The number of amides is 1. The van der Waals surface area contributed by atoms with Crippen molar-refractivity contribution in [2.75, 3.05) is 18.1 Å². The zero-order chi connectivity index (χ0) is 29.0. The minimum absolute atomic E-state index is 0.0853. The van der Waals surface area contributed by atoms with E-state index in [2.05, 4.69) is 10.1 Å². The first-order valence-electron chi connectivity index (χ1n) is 12.7. The predicted molar refractivity (Wildman–Crippen MR) is 155 cm³/mol. The van der Waals surface area contributed by atoms with Gasteiger partial charge in [-0.25, -0.2) is 22.2 Å². The second-order valence-electron chi connectivity index (χ2n) is 10.2. The summed E-state index contributed by atoms with van der Waals surface area (Å²) in [6.45, 7) is 8.60. The molecule has 0 bridgehead atoms. The van der Waals surface area contributed by atoms with Crippen LogP contribution >= 0.6 is 11.3 Å². The van der Waals surface area contributed by atoms with Crippen LogP contribution < -0.4 is 5.01 Å². The second-order valence-corrected chi connectivity index (χ2v) is 13.1. The maximum atomic E-state index is 13.8. The maximum absolute atomic E-state index is 13.8. The lowest BCUT2D eigenvalue weighted by Gasteiger charge is -2.25. The molecule has 1 heterocycles. The van der Waals surface area contributed by atoms with Crippen LogP contribution in [-0.2, 0) is 10.0 Å². The third-order valence-corrected chi connectivity index (χ3v) is 8.62. The smallest absolute Gasteiger partial charge is 0.267 e. The Hall–Kier alpha value is -3.54. The van der Waals surface area contributed by atoms with Crippen LogP contribution in [0.25, 0.3) is 10.2 Å². The Morgan fingerprint density at radius 1 is 0.925 bits per heavy atom. The summed E-state index contributed by atoms with van der Waals surface area (Å²) >= 11 is 1.08. The molecule has 210 valence electrons. The molecule has 4 rings (SSSR count). The van der Waals surface area contributed by atoms with Crippen LogP contribution in [0.1, 0.15) is 43.6 Å². The number of hydrazone groups is 1. The normalized spacial score (nSPS) is 12.3. The molecule has 0 atom stereocenters. The van der Waals surface area contributed by atoms with Gasteiger partial charge in [0, 0.05) is 18.7 Å². The number of carbonyl (C=O) groups excluding carboxylic acids is 1. The molecule has 0 saturated heterocycles. The summed E-state index contributed by atoms with van der Waals surface area (Å²) in [5, 5.41) is 5.58. The molecule has 0 radical (unpaired) electrons. The van der Waals surface area contributed by atoms with Crippen molar-refractivity contribution in [1.82, 2.24) is 9.29 Å². The third kappa shape index (κ3) is 6.96. The minimum Gasteiger partial charge on any atom is -0.267 e. The van der Waals surface area contributed by atoms with Gasteiger partial charge in [-0.15, -0.1) is 0 Å². The number of carbonyl (C=O) groups is 1. The Morgan fingerprint density at radius 3 is 2.12 bits per heavy atom. The number of hydrogen-bond donors (Lipinski definition) is 0. The number of nitrogens with zero attached hydrogens (tertiary/aromatic N) is 4. The van der Waals surface area contributed by atoms with E-state index in [1.807, 2.05) is 27.7 Å². The first-order valence-corrected chi connectivity index (χ1v) is 15.0. The quantitative estimate of drug-likeness (QED) is 0.156. The Morgan fingerprint density at radius 2 is 1.52 bits per heavy atom. The average molecular weight is 585 g/mol. The molecule has 0 fully saturated rings. The SMILES string of the molecule is CC(C)CN(CC(C)C)S(=O)(=O)c1ccc(C(=O)N(/N=C/c2ccc(F)cc2)c2nc3ccc(F)cc3s2)cc1. The number of sulfonamides is 1. The van der Waals surface area contributed by atoms with Crippen molar-refractivity contribution in [2.24, 2.45) is 16.9 Å². The molecule has 0 N–H and O–H groups in total. The molecule has 1 amide bonds. The van der Waals surface area contributed by atoms with E-state index >= 15 is 0 Å². The fourth-order valence-corrected chi connectivity index (χ4v) is 6.68. The maximum Gasteiger partial charge on any atom is 0.280 e. The van der Waals surface area contributed by atoms with Gasteiger partial charge in [0.15, 0.2) is 0 Å². The number of fused-ring (bicyclic) bond motifs is 1. The van der Waals surface area contributed by atoms with Crippen molar-refractivity contribution in [1.29, 1.82) is 0 Å². The number of rotatable bonds is 10. The van der Waals surface area contributed by atoms with E-state index in [0.29, 0.717) is 28.9 Å². The number of thiazole rings is 1. The monoisotopic (exact) mass is 584 g/mol. The van der Waals surface area contributed by atoms with Gasteiger partial charge in [0.2, 0.25) is 15.2 Å². The van der Waals surface area contributed by atoms with Crippen molar-refractivity contribution in [3.63, 3.8) is 0 Å². The summed E-state index contributed by atoms with van der Waals surface area (Å²) in [6, 6.07) is 15.4. The number of hydrogen-bond acceptors (Lipinski definition) is 6. The lowest BCUT2D eigenvalue weighted by atomic mass is 10.2. The zero-order valence-electron chi connectivity index (χ0n) is 22.6. The van der Waals surface area contributed by atoms with E-state index in [4.69, 9.17) is 0 Å². The molecular weight excluding hydrogens is 554 g/mol. The summed E-state index contributed by atoms with van der Waals surface area (Å²) < 4.78 is 55.9. The summed E-state index contributed by atoms with van der Waals surface area (Å²) in [4.78, 5) is 18.2. The number of benzene rings is 3. The first-order chi connectivity index (χ1) is 18.9. The molecule has 0 aliphatic rings. The molecule has 0 aliphatic heterocycles. The van der Waals surface area contributed by atoms with E-state index < -0.39 is 27.6 Å². The Bertz CT molecular complexity index is 1610. The highest BCUT2D eigenvalue weighted by atomic mass is 32.2. The van der Waals surface area contributed by atoms with Gasteiger partial charge in [0.25, 0.3) is 5.91 Å². The summed E-state index contributed by atoms with van der Waals surface area (Å²) in [6.07, 6.45) is 1.39. The van der Waals surface area contributed by atoms with Crippen LogP contribution in [-0.4, -0.2) is 42.9 Å². The number of halogens is 2. The van der Waals surface area contributed by atoms with Crippen LogP contribution in [0, 0.1) is 23.5 Å². The van der Waals surface area contributed by atoms with E-state index in [9.17, 15) is 22.0 Å². The average Bonchev–Trinajstić information content (AvgIpc) is 3.31. The molecule has 0 spiro atoms. The molecule has 3 aromatic carbocycles. The molecular formula is C29H30F2N4O3S2. The van der Waals surface area contributed by atoms with Gasteiger partial charge in [-0.2, -0.15) is 14.4 Å². The molecule has 1 aromatic heterocycles. The molecule has 0 aliphatic carbocycles. The van der Waals surface area contributed by atoms with Crippen molar-refractivity contribution in [2.45, 2.75) is 32.6 Å². The summed E-state index contributed by atoms with van der Waals surface area (Å²) in [5.41, 5.74) is 1.22. The third-order valence-electron chi connectivity index (χ3n) is 5.78. The number of aromatic nitrogens is 1. The standard InChI is InChI=1S/C29H30F2N4O3S2/c1-19(2)17-34(18-20(3)4)40(37,38)25-12-7-22(8-13-25)28(36)35(32-16-21-5-9-23(30)10-6-21)29-33-26-14-11-24(31)15-27(26)39-29/h5-16,19-20H,17-18H2,1-4H3/b32-16+. The van der Waals surface area contributed by atoms with Crippen molar-refractivity contribution in [3.05, 3.63) is 89.5 Å². The highest BCUT2D eigenvalue weighted by Crippen LogP contribution is 2.31. The summed E-state index contributed by atoms with van der Waals surface area (Å²) in [5.74, 6) is -1.12. The van der Waals surface area contributed by atoms with Crippen molar-refractivity contribution < 1.29 is 22.0 Å². The molecule has 40 heavy (non-hydrogen) atoms. The van der Waals surface area contributed by atoms with Gasteiger partial charge >= 0.3 is 0 Å². The van der Waals surface area contributed by atoms with Gasteiger partial charge in [0.1, 0.15) is 11.6 Å². The highest BCUT2D eigenvalue weighted by molar-refractivity contribution is 7.89. The van der Waals surface area contributed by atoms with E-state index in [1.165, 1.54) is 77.2 Å². The lowest BCUT2D eigenvalue weighted by Crippen LogP contribution is -2.37. The van der Waals surface area contributed by atoms with Crippen LogP contribution in [0.15, 0.2) is 76.7 Å². The molecule has 0 saturated carbocycles.